The molecular weight excluding hydrogens is 1700 g/mol. The Bertz CT molecular complexity index is 3920. The smallest absolute Gasteiger partial charge is 0.407 e. The number of alkyl carbamates (subject to hydrolysis) is 2. The summed E-state index contributed by atoms with van der Waals surface area (Å²) < 4.78 is 86.5. The van der Waals surface area contributed by atoms with Gasteiger partial charge in [-0.1, -0.05) is 97.1 Å². The zero-order valence-electron chi connectivity index (χ0n) is 76.1. The standard InChI is InChI=1S/C50H76N4O15.C42H60N4O15/c1-49(2,3)68-46(58)18-28-64-32-31-62-25-15-43(55)51-20-23-54(24-21-52-44(56)16-26-63-33-35-66-36-34-65-29-19-47(59)69-50(4,5)6)45(57)17-27-61-30-22-53-48(60)67-37-42-40-13-9-7-11-38(40)39-12-8-10-14-41(39)42;47-37(9-19-56-25-26-58-22-12-40(50)51)43-14-17-46(18-15-44-38(48)10-20-57-27-29-60-30-28-59-23-13-41(52)53)39(49)11-21-55-24-16-45-42(54)61-31-36-34-7-3-1-5-32(34)33-6-2-4-8-35(33)36/h7-14,42H,15-37H2,1-6H3,(H,51,55)(H,52,56)(H,53,60);1-8,36H,9-31H2,(H,43,47)(H,44,48)(H,45,54)(H,50,51)(H,52,53). The summed E-state index contributed by atoms with van der Waals surface area (Å²) in [7, 11) is 0. The Kier molecular flexibility index (Phi) is 56.0. The quantitative estimate of drug-likeness (QED) is 0.0140. The number of carbonyl (C=O) groups excluding carboxylic acids is 10. The summed E-state index contributed by atoms with van der Waals surface area (Å²) in [5.41, 5.74) is 7.94. The van der Waals surface area contributed by atoms with Gasteiger partial charge in [-0.15, -0.1) is 0 Å². The van der Waals surface area contributed by atoms with Crippen molar-refractivity contribution in [1.29, 1.82) is 0 Å². The summed E-state index contributed by atoms with van der Waals surface area (Å²) in [6.45, 7) is 18.0. The van der Waals surface area contributed by atoms with Gasteiger partial charge in [0.05, 0.1) is 197 Å². The molecule has 724 valence electrons. The average Bonchev–Trinajstić information content (AvgIpc) is 1.62. The van der Waals surface area contributed by atoms with Crippen molar-refractivity contribution in [2.45, 2.75) is 129 Å². The zero-order chi connectivity index (χ0) is 94.3. The van der Waals surface area contributed by atoms with E-state index < -0.39 is 35.3 Å². The van der Waals surface area contributed by atoms with Crippen molar-refractivity contribution < 1.29 is 144 Å². The van der Waals surface area contributed by atoms with Crippen LogP contribution < -0.4 is 31.9 Å². The molecular formula is C92H136N8O30. The Hall–Kier alpha value is -10.4. The molecule has 0 unspecified atom stereocenters. The van der Waals surface area contributed by atoms with Crippen molar-refractivity contribution in [2.75, 3.05) is 237 Å². The molecule has 2 aliphatic rings. The lowest BCUT2D eigenvalue weighted by molar-refractivity contribution is -0.157. The number of rotatable bonds is 70. The van der Waals surface area contributed by atoms with E-state index in [1.807, 2.05) is 81.4 Å². The zero-order valence-corrected chi connectivity index (χ0v) is 76.1. The minimum atomic E-state index is -0.953. The van der Waals surface area contributed by atoms with Crippen LogP contribution in [0.25, 0.3) is 22.3 Å². The number of esters is 2. The maximum Gasteiger partial charge on any atom is 0.407 e. The van der Waals surface area contributed by atoms with Gasteiger partial charge in [0.15, 0.2) is 0 Å². The van der Waals surface area contributed by atoms with E-state index in [0.717, 1.165) is 44.5 Å². The second-order valence-corrected chi connectivity index (χ2v) is 31.5. The van der Waals surface area contributed by atoms with Gasteiger partial charge in [0.25, 0.3) is 0 Å². The van der Waals surface area contributed by atoms with E-state index in [1.165, 1.54) is 4.90 Å². The normalized spacial score (nSPS) is 11.9. The predicted molar refractivity (Wildman–Crippen MR) is 474 cm³/mol. The SMILES string of the molecule is CC(C)(C)OC(=O)CCOCCOCCOCCC(=O)NCCN(CCNC(=O)CCOCCOCCC(=O)OC(C)(C)C)C(=O)CCOCCNC(=O)OCC1c2ccccc2-c2ccccc21.O=C(O)CCOCCOCCOCCC(=O)NCCN(CCNC(=O)CCOCCOCCC(=O)O)C(=O)CCOCCNC(=O)OCC1c2ccccc2-c2ccccc21. The highest BCUT2D eigenvalue weighted by atomic mass is 16.6. The van der Waals surface area contributed by atoms with Crippen molar-refractivity contribution >= 4 is 71.5 Å². The summed E-state index contributed by atoms with van der Waals surface area (Å²) in [4.78, 5) is 149. The van der Waals surface area contributed by atoms with Crippen LogP contribution >= 0.6 is 0 Å². The first-order valence-electron chi connectivity index (χ1n) is 44.3. The lowest BCUT2D eigenvalue weighted by Gasteiger charge is -2.23. The number of fused-ring (bicyclic) bond motifs is 6. The third-order valence-corrected chi connectivity index (χ3v) is 18.9. The first-order chi connectivity index (χ1) is 62.7. The monoisotopic (exact) mass is 1830 g/mol. The lowest BCUT2D eigenvalue weighted by atomic mass is 9.98. The second-order valence-electron chi connectivity index (χ2n) is 31.5. The fourth-order valence-corrected chi connectivity index (χ4v) is 12.8. The number of ether oxygens (including phenoxy) is 16. The molecule has 8 amide bonds. The molecule has 6 rings (SSSR count). The van der Waals surface area contributed by atoms with Crippen LogP contribution in [-0.4, -0.2) is 340 Å². The van der Waals surface area contributed by atoms with Crippen LogP contribution in [0.3, 0.4) is 0 Å². The summed E-state index contributed by atoms with van der Waals surface area (Å²) in [6, 6.07) is 32.4. The van der Waals surface area contributed by atoms with Crippen LogP contribution in [0.5, 0.6) is 0 Å². The van der Waals surface area contributed by atoms with E-state index in [1.54, 1.807) is 25.7 Å². The third-order valence-electron chi connectivity index (χ3n) is 18.9. The van der Waals surface area contributed by atoms with Crippen molar-refractivity contribution in [3.63, 3.8) is 0 Å². The minimum Gasteiger partial charge on any atom is -0.481 e. The van der Waals surface area contributed by atoms with Crippen molar-refractivity contribution in [1.82, 2.24) is 41.7 Å². The van der Waals surface area contributed by atoms with E-state index in [2.05, 4.69) is 68.3 Å². The number of nitrogens with zero attached hydrogens (tertiary/aromatic N) is 2. The highest BCUT2D eigenvalue weighted by Crippen LogP contribution is 2.46. The molecule has 0 spiro atoms. The number of hydrogen-bond acceptors (Lipinski definition) is 28. The van der Waals surface area contributed by atoms with Gasteiger partial charge in [-0.3, -0.25) is 47.9 Å². The van der Waals surface area contributed by atoms with Gasteiger partial charge in [-0.2, -0.15) is 0 Å². The number of carboxylic acids is 2. The van der Waals surface area contributed by atoms with E-state index >= 15 is 0 Å². The van der Waals surface area contributed by atoms with Crippen LogP contribution in [0, 0.1) is 0 Å². The predicted octanol–water partition coefficient (Wildman–Crippen LogP) is 6.12. The largest absolute Gasteiger partial charge is 0.481 e. The van der Waals surface area contributed by atoms with Gasteiger partial charge in [0.2, 0.25) is 35.4 Å². The number of benzene rings is 4. The number of hydrogen-bond donors (Lipinski definition) is 8. The third kappa shape index (κ3) is 50.7. The van der Waals surface area contributed by atoms with E-state index in [4.69, 9.17) is 86.0 Å². The van der Waals surface area contributed by atoms with Crippen molar-refractivity contribution in [3.8, 4) is 22.3 Å². The number of nitrogens with one attached hydrogen (secondary N) is 6. The number of carboxylic acid groups (broad SMARTS) is 2. The van der Waals surface area contributed by atoms with E-state index in [-0.39, 0.29) is 334 Å². The topological polar surface area (TPSA) is 472 Å². The molecule has 0 bridgehead atoms. The van der Waals surface area contributed by atoms with Gasteiger partial charge in [0.1, 0.15) is 24.4 Å². The Labute approximate surface area is 761 Å². The molecule has 4 aromatic rings. The van der Waals surface area contributed by atoms with Gasteiger partial charge in [0, 0.05) is 103 Å². The van der Waals surface area contributed by atoms with Gasteiger partial charge < -0.3 is 128 Å². The molecule has 0 heterocycles. The fourth-order valence-electron chi connectivity index (χ4n) is 12.8. The Morgan fingerprint density at radius 2 is 0.500 bits per heavy atom. The Balaban J connectivity index is 0.000000464. The number of carbonyl (C=O) groups is 12. The number of aliphatic carboxylic acids is 2. The molecule has 0 aliphatic heterocycles. The van der Waals surface area contributed by atoms with Crippen LogP contribution in [0.15, 0.2) is 97.1 Å². The Morgan fingerprint density at radius 3 is 0.754 bits per heavy atom. The molecule has 38 nitrogen and oxygen atoms in total. The molecule has 8 N–H and O–H groups in total. The molecule has 0 radical (unpaired) electrons. The maximum absolute atomic E-state index is 13.3. The maximum atomic E-state index is 13.3. The molecule has 0 fully saturated rings. The summed E-state index contributed by atoms with van der Waals surface area (Å²) in [5.74, 6) is -4.22. The molecule has 130 heavy (non-hydrogen) atoms. The minimum absolute atomic E-state index is 0.0274. The van der Waals surface area contributed by atoms with Gasteiger partial charge >= 0.3 is 36.1 Å². The van der Waals surface area contributed by atoms with E-state index in [0.29, 0.717) is 26.4 Å². The van der Waals surface area contributed by atoms with Crippen LogP contribution in [0.4, 0.5) is 9.59 Å². The molecule has 0 saturated carbocycles. The first kappa shape index (κ1) is 110. The molecule has 0 aromatic heterocycles. The summed E-state index contributed by atoms with van der Waals surface area (Å²) >= 11 is 0. The van der Waals surface area contributed by atoms with Gasteiger partial charge in [-0.25, -0.2) is 9.59 Å². The molecule has 38 heteroatoms. The lowest BCUT2D eigenvalue weighted by Crippen LogP contribution is -2.43. The molecule has 4 aromatic carbocycles. The van der Waals surface area contributed by atoms with Crippen LogP contribution in [0.1, 0.15) is 140 Å². The van der Waals surface area contributed by atoms with Gasteiger partial charge in [-0.05, 0) is 86.1 Å². The van der Waals surface area contributed by atoms with Crippen molar-refractivity contribution in [3.05, 3.63) is 119 Å². The number of amides is 8. The molecule has 2 aliphatic carbocycles. The second kappa shape index (κ2) is 66.1. The fraction of sp³-hybridized carbons (Fsp3) is 0.609. The van der Waals surface area contributed by atoms with Crippen molar-refractivity contribution in [2.24, 2.45) is 0 Å². The summed E-state index contributed by atoms with van der Waals surface area (Å²) in [5, 5.41) is 33.7. The molecule has 0 saturated heterocycles. The summed E-state index contributed by atoms with van der Waals surface area (Å²) in [6.07, 6.45) is -0.571. The van der Waals surface area contributed by atoms with Crippen LogP contribution in [0.2, 0.25) is 0 Å². The molecule has 0 atom stereocenters. The Morgan fingerprint density at radius 1 is 0.277 bits per heavy atom. The van der Waals surface area contributed by atoms with Crippen LogP contribution in [-0.2, 0) is 124 Å². The first-order valence-corrected chi connectivity index (χ1v) is 44.3. The highest BCUT2D eigenvalue weighted by Gasteiger charge is 2.31. The highest BCUT2D eigenvalue weighted by molar-refractivity contribution is 5.82. The van der Waals surface area contributed by atoms with E-state index in [9.17, 15) is 57.5 Å². The average molecular weight is 1830 g/mol.